The van der Waals surface area contributed by atoms with Gasteiger partial charge in [-0.2, -0.15) is 0 Å². The maximum atomic E-state index is 10.9. The highest BCUT2D eigenvalue weighted by Gasteiger charge is 2.38. The molecular weight excluding hydrogens is 340 g/mol. The first-order valence-corrected chi connectivity index (χ1v) is 8.83. The number of rotatable bonds is 8. The summed E-state index contributed by atoms with van der Waals surface area (Å²) in [4.78, 5) is 10.9. The summed E-state index contributed by atoms with van der Waals surface area (Å²) in [6.45, 7) is -0.106. The van der Waals surface area contributed by atoms with Gasteiger partial charge in [0.2, 0.25) is 0 Å². The molecule has 3 aromatic rings. The largest absolute Gasteiger partial charge is 0.481 e. The van der Waals surface area contributed by atoms with Crippen LogP contribution in [0.3, 0.4) is 0 Å². The molecule has 0 spiro atoms. The summed E-state index contributed by atoms with van der Waals surface area (Å²) in [5.41, 5.74) is 1.77. The van der Waals surface area contributed by atoms with E-state index in [9.17, 15) is 9.90 Å². The molecule has 2 N–H and O–H groups in total. The van der Waals surface area contributed by atoms with E-state index in [1.54, 1.807) is 0 Å². The predicted octanol–water partition coefficient (Wildman–Crippen LogP) is 3.83. The second kappa shape index (κ2) is 8.62. The molecule has 0 heterocycles. The van der Waals surface area contributed by atoms with Gasteiger partial charge in [-0.25, -0.2) is 0 Å². The summed E-state index contributed by atoms with van der Waals surface area (Å²) < 4.78 is 6.34. The second-order valence-corrected chi connectivity index (χ2v) is 6.34. The molecule has 0 aliphatic carbocycles. The topological polar surface area (TPSA) is 66.8 Å². The van der Waals surface area contributed by atoms with E-state index in [0.29, 0.717) is 0 Å². The van der Waals surface area contributed by atoms with Crippen molar-refractivity contribution >= 4 is 5.97 Å². The van der Waals surface area contributed by atoms with Crippen LogP contribution < -0.4 is 0 Å². The average molecular weight is 362 g/mol. The Morgan fingerprint density at radius 2 is 1.15 bits per heavy atom. The molecule has 0 fully saturated rings. The molecule has 0 bridgehead atoms. The Morgan fingerprint density at radius 1 is 0.778 bits per heavy atom. The Kier molecular flexibility index (Phi) is 6.01. The van der Waals surface area contributed by atoms with Gasteiger partial charge in [-0.05, 0) is 16.7 Å². The van der Waals surface area contributed by atoms with Gasteiger partial charge in [0.1, 0.15) is 5.60 Å². The number of aliphatic hydroxyl groups excluding tert-OH is 1. The number of aliphatic carboxylic acids is 1. The van der Waals surface area contributed by atoms with Crippen molar-refractivity contribution < 1.29 is 19.7 Å². The van der Waals surface area contributed by atoms with Gasteiger partial charge in [0.25, 0.3) is 0 Å². The van der Waals surface area contributed by atoms with Gasteiger partial charge >= 0.3 is 5.97 Å². The molecule has 0 saturated heterocycles. The summed E-state index contributed by atoms with van der Waals surface area (Å²) in [5, 5.41) is 19.1. The summed E-state index contributed by atoms with van der Waals surface area (Å²) in [7, 11) is 0. The van der Waals surface area contributed by atoms with E-state index in [-0.39, 0.29) is 13.0 Å². The summed E-state index contributed by atoms with van der Waals surface area (Å²) in [6, 6.07) is 29.3. The van der Waals surface area contributed by atoms with Gasteiger partial charge in [-0.3, -0.25) is 4.79 Å². The van der Waals surface area contributed by atoms with Crippen LogP contribution >= 0.6 is 0 Å². The Morgan fingerprint density at radius 3 is 1.48 bits per heavy atom. The molecule has 0 aliphatic heterocycles. The highest BCUT2D eigenvalue weighted by molar-refractivity contribution is 5.67. The van der Waals surface area contributed by atoms with E-state index in [1.807, 2.05) is 91.0 Å². The lowest BCUT2D eigenvalue weighted by molar-refractivity contribution is -0.141. The van der Waals surface area contributed by atoms with Crippen molar-refractivity contribution in [1.29, 1.82) is 0 Å². The fourth-order valence-electron chi connectivity index (χ4n) is 3.25. The number of carbonyl (C=O) groups is 1. The van der Waals surface area contributed by atoms with Crippen molar-refractivity contribution in [1.82, 2.24) is 0 Å². The maximum Gasteiger partial charge on any atom is 0.306 e. The minimum Gasteiger partial charge on any atom is -0.481 e. The lowest BCUT2D eigenvalue weighted by Crippen LogP contribution is -2.36. The van der Waals surface area contributed by atoms with E-state index in [2.05, 4.69) is 0 Å². The zero-order chi connectivity index (χ0) is 19.1. The van der Waals surface area contributed by atoms with Crippen molar-refractivity contribution in [3.05, 3.63) is 108 Å². The zero-order valence-electron chi connectivity index (χ0n) is 14.9. The Labute approximate surface area is 158 Å². The van der Waals surface area contributed by atoms with E-state index < -0.39 is 17.7 Å². The van der Waals surface area contributed by atoms with Crippen LogP contribution in [0, 0.1) is 0 Å². The molecule has 4 nitrogen and oxygen atoms in total. The third-order valence-electron chi connectivity index (χ3n) is 4.44. The molecule has 0 amide bonds. The Hall–Kier alpha value is -2.95. The number of benzene rings is 3. The second-order valence-electron chi connectivity index (χ2n) is 6.34. The standard InChI is InChI=1S/C23H22O4/c24-21(16-22(25)26)17-27-23(18-10-4-1-5-11-18,19-12-6-2-7-13-19)20-14-8-3-9-15-20/h1-15,21,24H,16-17H2,(H,25,26)/t21-/m1/s1. The van der Waals surface area contributed by atoms with Gasteiger partial charge in [0.05, 0.1) is 19.1 Å². The highest BCUT2D eigenvalue weighted by Crippen LogP contribution is 2.40. The maximum absolute atomic E-state index is 10.9. The van der Waals surface area contributed by atoms with Crippen LogP contribution in [0.25, 0.3) is 0 Å². The molecule has 3 rings (SSSR count). The quantitative estimate of drug-likeness (QED) is 0.598. The van der Waals surface area contributed by atoms with Crippen molar-refractivity contribution in [3.8, 4) is 0 Å². The fourth-order valence-corrected chi connectivity index (χ4v) is 3.25. The van der Waals surface area contributed by atoms with Crippen molar-refractivity contribution in [2.45, 2.75) is 18.1 Å². The lowest BCUT2D eigenvalue weighted by atomic mass is 9.80. The van der Waals surface area contributed by atoms with Crippen LogP contribution in [0.4, 0.5) is 0 Å². The highest BCUT2D eigenvalue weighted by atomic mass is 16.5. The summed E-state index contributed by atoms with van der Waals surface area (Å²) >= 11 is 0. The smallest absolute Gasteiger partial charge is 0.306 e. The molecule has 0 saturated carbocycles. The molecule has 0 radical (unpaired) electrons. The minimum absolute atomic E-state index is 0.106. The number of carboxylic acid groups (broad SMARTS) is 1. The van der Waals surface area contributed by atoms with Crippen LogP contribution in [-0.2, 0) is 15.1 Å². The molecule has 3 aromatic carbocycles. The van der Waals surface area contributed by atoms with Gasteiger partial charge < -0.3 is 14.9 Å². The molecule has 138 valence electrons. The zero-order valence-corrected chi connectivity index (χ0v) is 14.9. The van der Waals surface area contributed by atoms with Crippen LogP contribution in [0.15, 0.2) is 91.0 Å². The van der Waals surface area contributed by atoms with E-state index in [1.165, 1.54) is 0 Å². The van der Waals surface area contributed by atoms with Crippen molar-refractivity contribution in [2.75, 3.05) is 6.61 Å². The number of hydrogen-bond acceptors (Lipinski definition) is 3. The number of hydrogen-bond donors (Lipinski definition) is 2. The molecule has 0 aromatic heterocycles. The summed E-state index contributed by atoms with van der Waals surface area (Å²) in [5.74, 6) is -1.06. The number of ether oxygens (including phenoxy) is 1. The minimum atomic E-state index is -1.10. The Balaban J connectivity index is 2.12. The SMILES string of the molecule is O=C(O)C[C@@H](O)COC(c1ccccc1)(c1ccccc1)c1ccccc1. The predicted molar refractivity (Wildman–Crippen MR) is 103 cm³/mol. The van der Waals surface area contributed by atoms with Gasteiger partial charge in [0.15, 0.2) is 0 Å². The van der Waals surface area contributed by atoms with E-state index in [4.69, 9.17) is 9.84 Å². The van der Waals surface area contributed by atoms with Gasteiger partial charge in [-0.15, -0.1) is 0 Å². The first-order valence-electron chi connectivity index (χ1n) is 8.83. The molecule has 0 unspecified atom stereocenters. The number of aliphatic hydroxyl groups is 1. The van der Waals surface area contributed by atoms with Crippen LogP contribution in [0.2, 0.25) is 0 Å². The van der Waals surface area contributed by atoms with Crippen molar-refractivity contribution in [2.24, 2.45) is 0 Å². The van der Waals surface area contributed by atoms with Crippen molar-refractivity contribution in [3.63, 3.8) is 0 Å². The molecular formula is C23H22O4. The van der Waals surface area contributed by atoms with Crippen LogP contribution in [0.5, 0.6) is 0 Å². The van der Waals surface area contributed by atoms with Gasteiger partial charge in [0, 0.05) is 0 Å². The molecule has 0 aliphatic rings. The number of carboxylic acids is 1. The van der Waals surface area contributed by atoms with Gasteiger partial charge in [-0.1, -0.05) is 91.0 Å². The third-order valence-corrected chi connectivity index (χ3v) is 4.44. The molecule has 27 heavy (non-hydrogen) atoms. The molecule has 4 heteroatoms. The van der Waals surface area contributed by atoms with Crippen LogP contribution in [0.1, 0.15) is 23.1 Å². The lowest BCUT2D eigenvalue weighted by Gasteiger charge is -2.36. The average Bonchev–Trinajstić information content (AvgIpc) is 2.70. The molecule has 1 atom stereocenters. The van der Waals surface area contributed by atoms with Crippen LogP contribution in [-0.4, -0.2) is 28.9 Å². The van der Waals surface area contributed by atoms with E-state index in [0.717, 1.165) is 16.7 Å². The summed E-state index contributed by atoms with van der Waals surface area (Å²) in [6.07, 6.45) is -1.47. The Bertz CT molecular complexity index is 751. The normalized spacial score (nSPS) is 12.5. The first-order chi connectivity index (χ1) is 13.1. The third kappa shape index (κ3) is 4.25. The fraction of sp³-hybridized carbons (Fsp3) is 0.174. The first kappa shape index (κ1) is 18.8. The van der Waals surface area contributed by atoms with E-state index >= 15 is 0 Å². The monoisotopic (exact) mass is 362 g/mol.